The van der Waals surface area contributed by atoms with Gasteiger partial charge in [-0.1, -0.05) is 0 Å². The van der Waals surface area contributed by atoms with Crippen molar-refractivity contribution in [2.45, 2.75) is 45.1 Å². The summed E-state index contributed by atoms with van der Waals surface area (Å²) < 4.78 is 12.6. The van der Waals surface area contributed by atoms with Gasteiger partial charge >= 0.3 is 17.9 Å². The number of hydrogen-bond donors (Lipinski definition) is 4. The van der Waals surface area contributed by atoms with Crippen molar-refractivity contribution in [1.82, 2.24) is 10.2 Å². The van der Waals surface area contributed by atoms with Crippen LogP contribution in [-0.4, -0.2) is 125 Å². The third kappa shape index (κ3) is 10.7. The number of carbonyl (C=O) groups is 4. The van der Waals surface area contributed by atoms with Crippen LogP contribution < -0.4 is 30.1 Å². The van der Waals surface area contributed by atoms with Gasteiger partial charge in [-0.2, -0.15) is 0 Å². The standard InChI is InChI=1S/C41H54N6O9/c1-8-46(19-11-13-37(48)43-18-10-9-12-31(41(53)54)47(24-38(49)50)25-39(51)52)33-23-34(55-7)30(22-32(33)45(5)6)40-28-16-14-26(42-2)20-35(28)56-36-21-27(44(3)4)15-17-29(36)40/h14-17,20-23,31H,8-13,18-19,24-25H2,1-7H3,(H,43,48)(H,49,50)(H,51,52)(H,53,54). The molecule has 1 aliphatic carbocycles. The van der Waals surface area contributed by atoms with Gasteiger partial charge in [0.05, 0.1) is 36.9 Å². The summed E-state index contributed by atoms with van der Waals surface area (Å²) in [6.07, 6.45) is 1.71. The van der Waals surface area contributed by atoms with E-state index < -0.39 is 37.0 Å². The number of ether oxygens (including phenoxy) is 1. The van der Waals surface area contributed by atoms with Gasteiger partial charge in [-0.25, -0.2) is 0 Å². The van der Waals surface area contributed by atoms with Gasteiger partial charge in [0.25, 0.3) is 0 Å². The van der Waals surface area contributed by atoms with E-state index in [1.54, 1.807) is 14.2 Å². The van der Waals surface area contributed by atoms with Gasteiger partial charge < -0.3 is 44.5 Å². The van der Waals surface area contributed by atoms with Crippen LogP contribution in [0.15, 0.2) is 57.9 Å². The minimum absolute atomic E-state index is 0.0487. The van der Waals surface area contributed by atoms with Gasteiger partial charge in [0.15, 0.2) is 0 Å². The van der Waals surface area contributed by atoms with Crippen molar-refractivity contribution in [3.8, 4) is 28.2 Å². The smallest absolute Gasteiger partial charge is 0.320 e. The Morgan fingerprint density at radius 2 is 1.57 bits per heavy atom. The fraction of sp³-hybridized carbons (Fsp3) is 0.439. The average Bonchev–Trinajstić information content (AvgIpc) is 3.15. The summed E-state index contributed by atoms with van der Waals surface area (Å²) in [7, 11) is 11.4. The van der Waals surface area contributed by atoms with Crippen LogP contribution in [0.4, 0.5) is 17.1 Å². The topological polar surface area (TPSA) is 189 Å². The first-order chi connectivity index (χ1) is 26.7. The summed E-state index contributed by atoms with van der Waals surface area (Å²) in [5.41, 5.74) is 6.50. The number of methoxy groups -OCH3 is 1. The van der Waals surface area contributed by atoms with E-state index in [4.69, 9.17) is 19.4 Å². The highest BCUT2D eigenvalue weighted by Gasteiger charge is 2.29. The van der Waals surface area contributed by atoms with E-state index in [2.05, 4.69) is 51.3 Å². The molecule has 1 amide bonds. The van der Waals surface area contributed by atoms with Crippen molar-refractivity contribution < 1.29 is 43.7 Å². The molecule has 1 aliphatic heterocycles. The summed E-state index contributed by atoms with van der Waals surface area (Å²) in [5, 5.41) is 32.4. The maximum absolute atomic E-state index is 12.8. The molecular formula is C41H54N6O9. The van der Waals surface area contributed by atoms with E-state index in [-0.39, 0.29) is 18.7 Å². The number of amides is 1. The number of hydrogen-bond acceptors (Lipinski definition) is 11. The normalized spacial score (nSPS) is 12.2. The number of carbonyl (C=O) groups excluding carboxylic acids is 1. The molecule has 0 spiro atoms. The minimum atomic E-state index is -1.31. The van der Waals surface area contributed by atoms with Gasteiger partial charge in [-0.05, 0) is 62.9 Å². The molecule has 15 nitrogen and oxygen atoms in total. The Bertz CT molecular complexity index is 2050. The highest BCUT2D eigenvalue weighted by Crippen LogP contribution is 2.47. The Balaban J connectivity index is 1.50. The predicted molar refractivity (Wildman–Crippen MR) is 217 cm³/mol. The first-order valence-corrected chi connectivity index (χ1v) is 18.6. The van der Waals surface area contributed by atoms with Gasteiger partial charge in [-0.15, -0.1) is 0 Å². The summed E-state index contributed by atoms with van der Waals surface area (Å²) >= 11 is 0. The Labute approximate surface area is 327 Å². The second kappa shape index (κ2) is 19.7. The fourth-order valence-corrected chi connectivity index (χ4v) is 6.85. The van der Waals surface area contributed by atoms with Crippen LogP contribution in [0.5, 0.6) is 5.75 Å². The van der Waals surface area contributed by atoms with Crippen LogP contribution in [-0.2, 0) is 19.2 Å². The number of benzene rings is 3. The van der Waals surface area contributed by atoms with Crippen LogP contribution in [0.3, 0.4) is 0 Å². The lowest BCUT2D eigenvalue weighted by Gasteiger charge is -2.30. The first-order valence-electron chi connectivity index (χ1n) is 18.6. The quantitative estimate of drug-likeness (QED) is 0.0675. The lowest BCUT2D eigenvalue weighted by molar-refractivity contribution is -0.149. The lowest BCUT2D eigenvalue weighted by atomic mass is 9.92. The fourth-order valence-electron chi connectivity index (χ4n) is 6.85. The lowest BCUT2D eigenvalue weighted by Crippen LogP contribution is -2.46. The zero-order chi connectivity index (χ0) is 41.1. The van der Waals surface area contributed by atoms with Crippen LogP contribution >= 0.6 is 0 Å². The van der Waals surface area contributed by atoms with Gasteiger partial charge in [0.1, 0.15) is 23.1 Å². The van der Waals surface area contributed by atoms with Crippen molar-refractivity contribution in [3.63, 3.8) is 0 Å². The largest absolute Gasteiger partial charge is 0.496 e. The molecule has 2 aliphatic rings. The minimum Gasteiger partial charge on any atom is -0.496 e. The van der Waals surface area contributed by atoms with Crippen molar-refractivity contribution in [2.75, 3.05) is 89.8 Å². The third-order valence-electron chi connectivity index (χ3n) is 9.69. The molecule has 56 heavy (non-hydrogen) atoms. The molecule has 1 atom stereocenters. The second-order valence-corrected chi connectivity index (χ2v) is 14.0. The molecule has 0 saturated heterocycles. The number of carboxylic acid groups (broad SMARTS) is 3. The maximum Gasteiger partial charge on any atom is 0.320 e. The van der Waals surface area contributed by atoms with Crippen molar-refractivity contribution >= 4 is 51.8 Å². The third-order valence-corrected chi connectivity index (χ3v) is 9.69. The SMILES string of the molecule is CCN(CCCC(=O)NCCCCC(C(=O)O)N(CC(=O)O)CC(=O)O)c1cc(OC)c(-c2c3ccc(=NC)cc-3oc3cc(N(C)C)ccc23)cc1N(C)C. The molecule has 2 aromatic carbocycles. The van der Waals surface area contributed by atoms with E-state index in [0.29, 0.717) is 50.4 Å². The predicted octanol–water partition coefficient (Wildman–Crippen LogP) is 4.69. The Morgan fingerprint density at radius 3 is 2.16 bits per heavy atom. The summed E-state index contributed by atoms with van der Waals surface area (Å²) in [6.45, 7) is 2.26. The summed E-state index contributed by atoms with van der Waals surface area (Å²) in [4.78, 5) is 58.5. The molecule has 2 aromatic rings. The van der Waals surface area contributed by atoms with E-state index >= 15 is 0 Å². The molecule has 1 heterocycles. The van der Waals surface area contributed by atoms with Crippen molar-refractivity contribution in [2.24, 2.45) is 4.99 Å². The molecule has 0 saturated carbocycles. The second-order valence-electron chi connectivity index (χ2n) is 14.0. The Hall–Kier alpha value is -5.83. The summed E-state index contributed by atoms with van der Waals surface area (Å²) in [5.74, 6) is -2.65. The van der Waals surface area contributed by atoms with E-state index in [9.17, 15) is 24.3 Å². The Kier molecular flexibility index (Phi) is 15.1. The molecule has 4 rings (SSSR count). The highest BCUT2D eigenvalue weighted by molar-refractivity contribution is 6.05. The molecule has 0 aromatic heterocycles. The van der Waals surface area contributed by atoms with Crippen LogP contribution in [0.1, 0.15) is 39.0 Å². The van der Waals surface area contributed by atoms with Gasteiger partial charge in [0.2, 0.25) is 5.91 Å². The number of anilines is 3. The molecule has 0 radical (unpaired) electrons. The molecule has 302 valence electrons. The number of fused-ring (bicyclic) bond motifs is 2. The number of carboxylic acids is 3. The van der Waals surface area contributed by atoms with E-state index in [0.717, 1.165) is 55.0 Å². The monoisotopic (exact) mass is 774 g/mol. The summed E-state index contributed by atoms with van der Waals surface area (Å²) in [6, 6.07) is 15.1. The number of rotatable bonds is 21. The molecule has 4 N–H and O–H groups in total. The van der Waals surface area contributed by atoms with Gasteiger partial charge in [0, 0.05) is 107 Å². The van der Waals surface area contributed by atoms with E-state index in [1.807, 2.05) is 57.4 Å². The molecule has 0 bridgehead atoms. The highest BCUT2D eigenvalue weighted by atomic mass is 16.5. The van der Waals surface area contributed by atoms with Crippen LogP contribution in [0, 0.1) is 0 Å². The van der Waals surface area contributed by atoms with Crippen molar-refractivity contribution in [1.29, 1.82) is 0 Å². The molecule has 15 heteroatoms. The Morgan fingerprint density at radius 1 is 0.857 bits per heavy atom. The number of nitrogens with one attached hydrogen (secondary N) is 1. The zero-order valence-electron chi connectivity index (χ0n) is 33.3. The van der Waals surface area contributed by atoms with Gasteiger partial charge in [-0.3, -0.25) is 29.1 Å². The van der Waals surface area contributed by atoms with Crippen LogP contribution in [0.25, 0.3) is 33.4 Å². The van der Waals surface area contributed by atoms with E-state index in [1.165, 1.54) is 0 Å². The number of unbranched alkanes of at least 4 members (excludes halogenated alkanes) is 1. The first kappa shape index (κ1) is 42.9. The molecule has 1 unspecified atom stereocenters. The van der Waals surface area contributed by atoms with Crippen LogP contribution in [0.2, 0.25) is 0 Å². The molecule has 0 fully saturated rings. The number of aliphatic carboxylic acids is 3. The van der Waals surface area contributed by atoms with Crippen molar-refractivity contribution in [3.05, 3.63) is 53.9 Å². The average molecular weight is 775 g/mol. The molecular weight excluding hydrogens is 720 g/mol. The zero-order valence-corrected chi connectivity index (χ0v) is 33.3. The maximum atomic E-state index is 12.8. The number of nitrogens with zero attached hydrogens (tertiary/aromatic N) is 5.